The van der Waals surface area contributed by atoms with Gasteiger partial charge in [0, 0.05) is 32.0 Å². The van der Waals surface area contributed by atoms with Crippen LogP contribution in [0.3, 0.4) is 0 Å². The highest BCUT2D eigenvalue weighted by Crippen LogP contribution is 2.32. The molecule has 0 bridgehead atoms. The Kier molecular flexibility index (Phi) is 5.68. The predicted molar refractivity (Wildman–Crippen MR) is 107 cm³/mol. The first-order chi connectivity index (χ1) is 13.1. The Balaban J connectivity index is 1.82. The number of carbonyl (C=O) groups is 1. The van der Waals surface area contributed by atoms with Gasteiger partial charge >= 0.3 is 0 Å². The van der Waals surface area contributed by atoms with E-state index in [1.807, 2.05) is 33.8 Å². The van der Waals surface area contributed by atoms with Gasteiger partial charge in [0.15, 0.2) is 0 Å². The van der Waals surface area contributed by atoms with Crippen LogP contribution in [0, 0.1) is 17.0 Å². The molecule has 2 aromatic rings. The zero-order valence-corrected chi connectivity index (χ0v) is 16.9. The van der Waals surface area contributed by atoms with Gasteiger partial charge in [0.1, 0.15) is 17.5 Å². The zero-order chi connectivity index (χ0) is 20.5. The highest BCUT2D eigenvalue weighted by atomic mass is 19.1. The largest absolute Gasteiger partial charge is 0.365 e. The topological polar surface area (TPSA) is 45.2 Å². The van der Waals surface area contributed by atoms with Gasteiger partial charge in [-0.15, -0.1) is 0 Å². The third-order valence-electron chi connectivity index (χ3n) is 4.74. The molecular formula is C22H27F2N3O. The second kappa shape index (κ2) is 7.86. The molecule has 0 aliphatic carbocycles. The van der Waals surface area contributed by atoms with E-state index in [0.717, 1.165) is 42.4 Å². The summed E-state index contributed by atoms with van der Waals surface area (Å²) in [6.07, 6.45) is 1.89. The second-order valence-electron chi connectivity index (χ2n) is 8.55. The van der Waals surface area contributed by atoms with Gasteiger partial charge in [0.05, 0.1) is 11.4 Å². The molecule has 28 heavy (non-hydrogen) atoms. The quantitative estimate of drug-likeness (QED) is 0.797. The number of carbonyl (C=O) groups excluding carboxylic acids is 1. The first-order valence-electron chi connectivity index (χ1n) is 9.67. The molecule has 0 atom stereocenters. The Morgan fingerprint density at radius 3 is 2.46 bits per heavy atom. The minimum Gasteiger partial charge on any atom is -0.365 e. The van der Waals surface area contributed by atoms with Crippen LogP contribution in [0.5, 0.6) is 0 Å². The summed E-state index contributed by atoms with van der Waals surface area (Å²) in [5.74, 6) is -0.564. The molecule has 0 spiro atoms. The first-order valence-corrected chi connectivity index (χ1v) is 9.67. The van der Waals surface area contributed by atoms with Crippen molar-refractivity contribution in [2.45, 2.75) is 53.5 Å². The Labute approximate surface area is 165 Å². The summed E-state index contributed by atoms with van der Waals surface area (Å²) in [5, 5.41) is 2.96. The van der Waals surface area contributed by atoms with Gasteiger partial charge in [-0.2, -0.15) is 0 Å². The maximum Gasteiger partial charge on any atom is 0.226 e. The highest BCUT2D eigenvalue weighted by Gasteiger charge is 2.24. The van der Waals surface area contributed by atoms with Gasteiger partial charge in [0.2, 0.25) is 5.91 Å². The van der Waals surface area contributed by atoms with Crippen LogP contribution in [0.15, 0.2) is 24.3 Å². The van der Waals surface area contributed by atoms with E-state index in [-0.39, 0.29) is 11.3 Å². The van der Waals surface area contributed by atoms with Crippen molar-refractivity contribution in [2.24, 2.45) is 5.41 Å². The number of halogens is 2. The van der Waals surface area contributed by atoms with Crippen molar-refractivity contribution >= 4 is 17.4 Å². The van der Waals surface area contributed by atoms with Crippen LogP contribution in [0.1, 0.15) is 50.9 Å². The number of hydrogen-bond donors (Lipinski definition) is 1. The monoisotopic (exact) mass is 387 g/mol. The zero-order valence-electron chi connectivity index (χ0n) is 16.9. The van der Waals surface area contributed by atoms with E-state index in [4.69, 9.17) is 4.98 Å². The maximum atomic E-state index is 13.5. The van der Waals surface area contributed by atoms with Crippen LogP contribution < -0.4 is 10.2 Å². The number of fused-ring (bicyclic) bond motifs is 1. The standard InChI is InChI=1S/C22H27F2N3O/c1-5-15-10-19-18(25-21(15)26-20(28)12-22(2,3)4)6-7-27(19)13-14-8-16(23)11-17(24)9-14/h8-11H,5-7,12-13H2,1-4H3,(H,25,26,28). The summed E-state index contributed by atoms with van der Waals surface area (Å²) in [6, 6.07) is 5.63. The lowest BCUT2D eigenvalue weighted by molar-refractivity contribution is -0.117. The molecule has 0 fully saturated rings. The van der Waals surface area contributed by atoms with Crippen LogP contribution in [0.25, 0.3) is 0 Å². The molecular weight excluding hydrogens is 360 g/mol. The Morgan fingerprint density at radius 1 is 1.18 bits per heavy atom. The number of rotatable bonds is 5. The predicted octanol–water partition coefficient (Wildman–Crippen LogP) is 4.86. The molecule has 1 aliphatic heterocycles. The number of nitrogens with one attached hydrogen (secondary N) is 1. The molecule has 1 aromatic heterocycles. The summed E-state index contributed by atoms with van der Waals surface area (Å²) >= 11 is 0. The molecule has 6 heteroatoms. The van der Waals surface area contributed by atoms with Gasteiger partial charge in [-0.1, -0.05) is 27.7 Å². The average molecular weight is 387 g/mol. The SMILES string of the molecule is CCc1cc2c(nc1NC(=O)CC(C)(C)C)CCN2Cc1cc(F)cc(F)c1. The molecule has 1 aromatic carbocycles. The van der Waals surface area contributed by atoms with Crippen LogP contribution in [-0.2, 0) is 24.2 Å². The molecule has 1 aliphatic rings. The molecule has 0 saturated heterocycles. The molecule has 0 radical (unpaired) electrons. The molecule has 150 valence electrons. The third kappa shape index (κ3) is 4.86. The van der Waals surface area contributed by atoms with Crippen LogP contribution in [0.2, 0.25) is 0 Å². The fourth-order valence-corrected chi connectivity index (χ4v) is 3.52. The summed E-state index contributed by atoms with van der Waals surface area (Å²) in [7, 11) is 0. The number of hydrogen-bond acceptors (Lipinski definition) is 3. The summed E-state index contributed by atoms with van der Waals surface area (Å²) in [5.41, 5.74) is 3.32. The van der Waals surface area contributed by atoms with Gasteiger partial charge in [-0.3, -0.25) is 4.79 Å². The van der Waals surface area contributed by atoms with Crippen molar-refractivity contribution in [3.8, 4) is 0 Å². The van der Waals surface area contributed by atoms with Crippen molar-refractivity contribution in [3.05, 3.63) is 52.7 Å². The van der Waals surface area contributed by atoms with Crippen molar-refractivity contribution in [3.63, 3.8) is 0 Å². The molecule has 0 saturated carbocycles. The Bertz CT molecular complexity index is 870. The lowest BCUT2D eigenvalue weighted by Gasteiger charge is -2.21. The number of pyridine rings is 1. The molecule has 0 unspecified atom stereocenters. The highest BCUT2D eigenvalue weighted by molar-refractivity contribution is 5.91. The number of aryl methyl sites for hydroxylation is 1. The van der Waals surface area contributed by atoms with Gasteiger partial charge in [0.25, 0.3) is 0 Å². The van der Waals surface area contributed by atoms with Crippen LogP contribution >= 0.6 is 0 Å². The van der Waals surface area contributed by atoms with E-state index in [1.54, 1.807) is 0 Å². The van der Waals surface area contributed by atoms with E-state index in [1.165, 1.54) is 12.1 Å². The molecule has 1 amide bonds. The smallest absolute Gasteiger partial charge is 0.226 e. The summed E-state index contributed by atoms with van der Waals surface area (Å²) in [4.78, 5) is 19.1. The van der Waals surface area contributed by atoms with E-state index >= 15 is 0 Å². The van der Waals surface area contributed by atoms with Crippen LogP contribution in [0.4, 0.5) is 20.3 Å². The van der Waals surface area contributed by atoms with E-state index < -0.39 is 11.6 Å². The van der Waals surface area contributed by atoms with E-state index in [2.05, 4.69) is 10.2 Å². The number of amides is 1. The number of nitrogens with zero attached hydrogens (tertiary/aromatic N) is 2. The van der Waals surface area contributed by atoms with E-state index in [0.29, 0.717) is 24.3 Å². The van der Waals surface area contributed by atoms with Crippen molar-refractivity contribution in [1.82, 2.24) is 4.98 Å². The Hall–Kier alpha value is -2.50. The fraction of sp³-hybridized carbons (Fsp3) is 0.455. The Morgan fingerprint density at radius 2 is 1.86 bits per heavy atom. The third-order valence-corrected chi connectivity index (χ3v) is 4.74. The molecule has 3 rings (SSSR count). The molecule has 4 nitrogen and oxygen atoms in total. The summed E-state index contributed by atoms with van der Waals surface area (Å²) < 4.78 is 27.0. The lowest BCUT2D eigenvalue weighted by atomic mass is 9.92. The number of benzene rings is 1. The first kappa shape index (κ1) is 20.2. The lowest BCUT2D eigenvalue weighted by Crippen LogP contribution is -2.22. The average Bonchev–Trinajstić information content (AvgIpc) is 2.93. The van der Waals surface area contributed by atoms with Gasteiger partial charge < -0.3 is 10.2 Å². The fourth-order valence-electron chi connectivity index (χ4n) is 3.52. The number of aromatic nitrogens is 1. The minimum absolute atomic E-state index is 0.0419. The molecule has 1 N–H and O–H groups in total. The molecule has 2 heterocycles. The van der Waals surface area contributed by atoms with Crippen molar-refractivity contribution in [1.29, 1.82) is 0 Å². The van der Waals surface area contributed by atoms with Gasteiger partial charge in [-0.05, 0) is 41.2 Å². The van der Waals surface area contributed by atoms with E-state index in [9.17, 15) is 13.6 Å². The van der Waals surface area contributed by atoms with Crippen LogP contribution in [-0.4, -0.2) is 17.4 Å². The second-order valence-corrected chi connectivity index (χ2v) is 8.55. The minimum atomic E-state index is -0.571. The van der Waals surface area contributed by atoms with Crippen molar-refractivity contribution < 1.29 is 13.6 Å². The normalized spacial score (nSPS) is 13.6. The maximum absolute atomic E-state index is 13.5. The summed E-state index contributed by atoms with van der Waals surface area (Å²) in [6.45, 7) is 9.24. The number of anilines is 2. The van der Waals surface area contributed by atoms with Crippen molar-refractivity contribution in [2.75, 3.05) is 16.8 Å². The van der Waals surface area contributed by atoms with Gasteiger partial charge in [-0.25, -0.2) is 13.8 Å².